The predicted octanol–water partition coefficient (Wildman–Crippen LogP) is 5.54. The standard InChI is InChI=1S/C25H24O4/c26-25(29-24-11-5-2-6-12-24)18-15-21-13-16-23(17-14-21)28-20-8-7-19-27-22-9-3-1-4-10-22/h1-6,9-18H,7-8,19-20H2/b18-15+. The average Bonchev–Trinajstić information content (AvgIpc) is 2.77. The first-order chi connectivity index (χ1) is 14.3. The first-order valence-corrected chi connectivity index (χ1v) is 9.65. The summed E-state index contributed by atoms with van der Waals surface area (Å²) in [7, 11) is 0. The second kappa shape index (κ2) is 11.3. The molecular formula is C25H24O4. The van der Waals surface area contributed by atoms with Gasteiger partial charge in [-0.2, -0.15) is 0 Å². The van der Waals surface area contributed by atoms with E-state index in [1.54, 1.807) is 18.2 Å². The molecule has 0 aliphatic carbocycles. The van der Waals surface area contributed by atoms with E-state index >= 15 is 0 Å². The van der Waals surface area contributed by atoms with Gasteiger partial charge in [0.1, 0.15) is 17.2 Å². The number of carbonyl (C=O) groups excluding carboxylic acids is 1. The van der Waals surface area contributed by atoms with Crippen molar-refractivity contribution >= 4 is 12.0 Å². The van der Waals surface area contributed by atoms with Gasteiger partial charge in [0.25, 0.3) is 0 Å². The molecule has 0 aliphatic heterocycles. The Bertz CT molecular complexity index is 887. The molecule has 3 aromatic rings. The van der Waals surface area contributed by atoms with E-state index in [4.69, 9.17) is 14.2 Å². The van der Waals surface area contributed by atoms with Crippen LogP contribution >= 0.6 is 0 Å². The Morgan fingerprint density at radius 1 is 0.655 bits per heavy atom. The lowest BCUT2D eigenvalue weighted by Gasteiger charge is -2.08. The van der Waals surface area contributed by atoms with Gasteiger partial charge in [0, 0.05) is 6.08 Å². The lowest BCUT2D eigenvalue weighted by atomic mass is 10.2. The first-order valence-electron chi connectivity index (χ1n) is 9.65. The summed E-state index contributed by atoms with van der Waals surface area (Å²) in [6.07, 6.45) is 4.98. The topological polar surface area (TPSA) is 44.8 Å². The van der Waals surface area contributed by atoms with Gasteiger partial charge in [-0.25, -0.2) is 4.79 Å². The van der Waals surface area contributed by atoms with Crippen molar-refractivity contribution in [2.24, 2.45) is 0 Å². The molecule has 4 nitrogen and oxygen atoms in total. The van der Waals surface area contributed by atoms with Crippen molar-refractivity contribution in [1.82, 2.24) is 0 Å². The summed E-state index contributed by atoms with van der Waals surface area (Å²) in [5.41, 5.74) is 0.902. The molecular weight excluding hydrogens is 364 g/mol. The van der Waals surface area contributed by atoms with Crippen LogP contribution in [0.3, 0.4) is 0 Å². The zero-order valence-corrected chi connectivity index (χ0v) is 16.2. The highest BCUT2D eigenvalue weighted by Crippen LogP contribution is 2.15. The maximum Gasteiger partial charge on any atom is 0.336 e. The van der Waals surface area contributed by atoms with Crippen LogP contribution in [0.25, 0.3) is 6.08 Å². The SMILES string of the molecule is O=C(/C=C/c1ccc(OCCCCOc2ccccc2)cc1)Oc1ccccc1. The summed E-state index contributed by atoms with van der Waals surface area (Å²) in [4.78, 5) is 11.8. The summed E-state index contributed by atoms with van der Waals surface area (Å²) in [6.45, 7) is 1.31. The molecule has 0 saturated carbocycles. The molecule has 29 heavy (non-hydrogen) atoms. The molecule has 0 amide bonds. The molecule has 0 aromatic heterocycles. The van der Waals surface area contributed by atoms with Crippen LogP contribution in [0.4, 0.5) is 0 Å². The third-order valence-corrected chi connectivity index (χ3v) is 4.07. The minimum Gasteiger partial charge on any atom is -0.494 e. The highest BCUT2D eigenvalue weighted by molar-refractivity contribution is 5.88. The number of ether oxygens (including phenoxy) is 3. The Balaban J connectivity index is 1.33. The molecule has 0 atom stereocenters. The van der Waals surface area contributed by atoms with Crippen molar-refractivity contribution < 1.29 is 19.0 Å². The monoisotopic (exact) mass is 388 g/mol. The van der Waals surface area contributed by atoms with Gasteiger partial charge in [0.05, 0.1) is 13.2 Å². The fraction of sp³-hybridized carbons (Fsp3) is 0.160. The lowest BCUT2D eigenvalue weighted by molar-refractivity contribution is -0.128. The fourth-order valence-corrected chi connectivity index (χ4v) is 2.58. The Kier molecular flexibility index (Phi) is 7.91. The number of rotatable bonds is 10. The van der Waals surface area contributed by atoms with Crippen molar-refractivity contribution in [3.05, 3.63) is 96.6 Å². The smallest absolute Gasteiger partial charge is 0.336 e. The highest BCUT2D eigenvalue weighted by atomic mass is 16.5. The Labute approximate surface area is 171 Å². The molecule has 0 N–H and O–H groups in total. The van der Waals surface area contributed by atoms with Crippen LogP contribution in [0.1, 0.15) is 18.4 Å². The van der Waals surface area contributed by atoms with Crippen molar-refractivity contribution in [2.75, 3.05) is 13.2 Å². The number of benzene rings is 3. The largest absolute Gasteiger partial charge is 0.494 e. The number of hydrogen-bond donors (Lipinski definition) is 0. The number of hydrogen-bond acceptors (Lipinski definition) is 4. The molecule has 0 saturated heterocycles. The van der Waals surface area contributed by atoms with E-state index in [0.717, 1.165) is 29.9 Å². The molecule has 0 heterocycles. The van der Waals surface area contributed by atoms with Gasteiger partial charge in [-0.1, -0.05) is 48.5 Å². The Morgan fingerprint density at radius 2 is 1.17 bits per heavy atom. The predicted molar refractivity (Wildman–Crippen MR) is 114 cm³/mol. The van der Waals surface area contributed by atoms with E-state index in [0.29, 0.717) is 19.0 Å². The normalized spacial score (nSPS) is 10.6. The molecule has 3 aromatic carbocycles. The van der Waals surface area contributed by atoms with Gasteiger partial charge >= 0.3 is 5.97 Å². The van der Waals surface area contributed by atoms with Crippen molar-refractivity contribution in [3.63, 3.8) is 0 Å². The molecule has 0 aliphatic rings. The molecule has 148 valence electrons. The van der Waals surface area contributed by atoms with Crippen LogP contribution in [0, 0.1) is 0 Å². The van der Waals surface area contributed by atoms with Crippen LogP contribution in [0.5, 0.6) is 17.2 Å². The van der Waals surface area contributed by atoms with E-state index in [-0.39, 0.29) is 0 Å². The quantitative estimate of drug-likeness (QED) is 0.198. The maximum absolute atomic E-state index is 11.8. The maximum atomic E-state index is 11.8. The van der Waals surface area contributed by atoms with Crippen molar-refractivity contribution in [3.8, 4) is 17.2 Å². The minimum atomic E-state index is -0.408. The zero-order chi connectivity index (χ0) is 20.2. The van der Waals surface area contributed by atoms with Gasteiger partial charge in [-0.05, 0) is 60.9 Å². The average molecular weight is 388 g/mol. The molecule has 0 spiro atoms. The number of unbranched alkanes of at least 4 members (excludes halogenated alkanes) is 1. The third-order valence-electron chi connectivity index (χ3n) is 4.07. The zero-order valence-electron chi connectivity index (χ0n) is 16.2. The van der Waals surface area contributed by atoms with E-state index in [1.165, 1.54) is 6.08 Å². The first kappa shape index (κ1) is 20.2. The summed E-state index contributed by atoms with van der Waals surface area (Å²) < 4.78 is 16.6. The second-order valence-corrected chi connectivity index (χ2v) is 6.35. The van der Waals surface area contributed by atoms with Crippen LogP contribution in [-0.2, 0) is 4.79 Å². The molecule has 0 bridgehead atoms. The van der Waals surface area contributed by atoms with E-state index in [9.17, 15) is 4.79 Å². The summed E-state index contributed by atoms with van der Waals surface area (Å²) in [5, 5.41) is 0. The Hall–Kier alpha value is -3.53. The molecule has 4 heteroatoms. The van der Waals surface area contributed by atoms with Crippen molar-refractivity contribution in [1.29, 1.82) is 0 Å². The van der Waals surface area contributed by atoms with Crippen LogP contribution in [-0.4, -0.2) is 19.2 Å². The Morgan fingerprint density at radius 3 is 1.76 bits per heavy atom. The fourth-order valence-electron chi connectivity index (χ4n) is 2.58. The molecule has 0 radical (unpaired) electrons. The van der Waals surface area contributed by atoms with Crippen LogP contribution < -0.4 is 14.2 Å². The van der Waals surface area contributed by atoms with Gasteiger partial charge < -0.3 is 14.2 Å². The summed E-state index contributed by atoms with van der Waals surface area (Å²) in [6, 6.07) is 26.4. The summed E-state index contributed by atoms with van der Waals surface area (Å²) >= 11 is 0. The van der Waals surface area contributed by atoms with E-state index in [1.807, 2.05) is 72.8 Å². The van der Waals surface area contributed by atoms with Gasteiger partial charge in [0.2, 0.25) is 0 Å². The molecule has 0 fully saturated rings. The van der Waals surface area contributed by atoms with Crippen molar-refractivity contribution in [2.45, 2.75) is 12.8 Å². The second-order valence-electron chi connectivity index (χ2n) is 6.35. The van der Waals surface area contributed by atoms with E-state index < -0.39 is 5.97 Å². The van der Waals surface area contributed by atoms with E-state index in [2.05, 4.69) is 0 Å². The third kappa shape index (κ3) is 7.54. The number of esters is 1. The van der Waals surface area contributed by atoms with Gasteiger partial charge in [-0.3, -0.25) is 0 Å². The van der Waals surface area contributed by atoms with Gasteiger partial charge in [0.15, 0.2) is 0 Å². The highest BCUT2D eigenvalue weighted by Gasteiger charge is 2.00. The summed E-state index contributed by atoms with van der Waals surface area (Å²) in [5.74, 6) is 1.82. The minimum absolute atomic E-state index is 0.408. The number of para-hydroxylation sites is 2. The van der Waals surface area contributed by atoms with Crippen LogP contribution in [0.2, 0.25) is 0 Å². The molecule has 3 rings (SSSR count). The molecule has 0 unspecified atom stereocenters. The number of carbonyl (C=O) groups is 1. The van der Waals surface area contributed by atoms with Crippen LogP contribution in [0.15, 0.2) is 91.0 Å². The lowest BCUT2D eigenvalue weighted by Crippen LogP contribution is -2.03. The van der Waals surface area contributed by atoms with Gasteiger partial charge in [-0.15, -0.1) is 0 Å².